The maximum atomic E-state index is 12.5. The molecule has 2 rings (SSSR count). The van der Waals surface area contributed by atoms with Gasteiger partial charge in [-0.3, -0.25) is 4.79 Å². The van der Waals surface area contributed by atoms with Crippen LogP contribution in [0.3, 0.4) is 0 Å². The van der Waals surface area contributed by atoms with E-state index in [0.717, 1.165) is 25.8 Å². The third-order valence-electron chi connectivity index (χ3n) is 3.73. The van der Waals surface area contributed by atoms with Crippen LogP contribution in [0.4, 0.5) is 0 Å². The van der Waals surface area contributed by atoms with E-state index in [2.05, 4.69) is 0 Å². The summed E-state index contributed by atoms with van der Waals surface area (Å²) in [5, 5.41) is 0.932. The van der Waals surface area contributed by atoms with Crippen molar-refractivity contribution in [3.8, 4) is 5.75 Å². The Balaban J connectivity index is 0.00000242. The first kappa shape index (κ1) is 19.4. The number of nitrogens with zero attached hydrogens (tertiary/aromatic N) is 1. The maximum absolute atomic E-state index is 12.5. The van der Waals surface area contributed by atoms with Gasteiger partial charge in [0.25, 0.3) is 5.91 Å². The van der Waals surface area contributed by atoms with Gasteiger partial charge in [0.05, 0.1) is 5.02 Å². The molecule has 7 heteroatoms. The Morgan fingerprint density at radius 3 is 2.82 bits per heavy atom. The van der Waals surface area contributed by atoms with Crippen LogP contribution in [-0.4, -0.2) is 36.0 Å². The molecule has 0 radical (unpaired) electrons. The summed E-state index contributed by atoms with van der Waals surface area (Å²) in [6.45, 7) is 2.96. The lowest BCUT2D eigenvalue weighted by Gasteiger charge is -2.36. The van der Waals surface area contributed by atoms with Crippen molar-refractivity contribution in [2.45, 2.75) is 38.3 Å². The number of piperidine rings is 1. The quantitative estimate of drug-likeness (QED) is 0.886. The monoisotopic (exact) mass is 366 g/mol. The van der Waals surface area contributed by atoms with Crippen LogP contribution in [0, 0.1) is 0 Å². The van der Waals surface area contributed by atoms with Gasteiger partial charge in [-0.25, -0.2) is 0 Å². The molecule has 0 bridgehead atoms. The summed E-state index contributed by atoms with van der Waals surface area (Å²) < 4.78 is 5.69. The number of nitrogens with two attached hydrogens (primary N) is 1. The smallest absolute Gasteiger partial charge is 0.263 e. The van der Waals surface area contributed by atoms with Gasteiger partial charge in [-0.2, -0.15) is 0 Å². The van der Waals surface area contributed by atoms with E-state index in [1.54, 1.807) is 25.1 Å². The van der Waals surface area contributed by atoms with Gasteiger partial charge >= 0.3 is 0 Å². The first-order chi connectivity index (χ1) is 10.0. The summed E-state index contributed by atoms with van der Waals surface area (Å²) in [5.41, 5.74) is 5.75. The van der Waals surface area contributed by atoms with Crippen molar-refractivity contribution in [1.82, 2.24) is 4.90 Å². The summed E-state index contributed by atoms with van der Waals surface area (Å²) in [4.78, 5) is 14.4. The number of carbonyl (C=O) groups excluding carboxylic acids is 1. The van der Waals surface area contributed by atoms with Crippen LogP contribution in [0.1, 0.15) is 26.2 Å². The standard InChI is InChI=1S/C15H20Cl2N2O2.ClH/c1-10(21-14-6-5-11(16)8-13(14)17)15(20)19-7-3-2-4-12(19)9-18;/h5-6,8,10,12H,2-4,7,9,18H2,1H3;1H. The second-order valence-corrected chi connectivity index (χ2v) is 6.10. The molecule has 1 saturated heterocycles. The molecular weight excluding hydrogens is 347 g/mol. The van der Waals surface area contributed by atoms with E-state index in [9.17, 15) is 4.79 Å². The fourth-order valence-electron chi connectivity index (χ4n) is 2.58. The molecule has 0 saturated carbocycles. The minimum atomic E-state index is -0.601. The van der Waals surface area contributed by atoms with Crippen LogP contribution >= 0.6 is 35.6 Å². The molecule has 1 aromatic carbocycles. The largest absolute Gasteiger partial charge is 0.479 e. The number of amides is 1. The molecule has 1 aliphatic rings. The second kappa shape index (κ2) is 8.82. The topological polar surface area (TPSA) is 55.6 Å². The highest BCUT2D eigenvalue weighted by Gasteiger charge is 2.30. The summed E-state index contributed by atoms with van der Waals surface area (Å²) >= 11 is 11.9. The minimum absolute atomic E-state index is 0. The van der Waals surface area contributed by atoms with Gasteiger partial charge in [-0.1, -0.05) is 23.2 Å². The Kier molecular flexibility index (Phi) is 7.77. The zero-order chi connectivity index (χ0) is 15.4. The molecule has 2 unspecified atom stereocenters. The van der Waals surface area contributed by atoms with Gasteiger partial charge in [0.15, 0.2) is 6.10 Å². The molecular formula is C15H21Cl3N2O2. The molecule has 1 aliphatic heterocycles. The molecule has 2 atom stereocenters. The average Bonchev–Trinajstić information content (AvgIpc) is 2.49. The van der Waals surface area contributed by atoms with Crippen molar-refractivity contribution < 1.29 is 9.53 Å². The van der Waals surface area contributed by atoms with Gasteiger partial charge in [0, 0.05) is 24.2 Å². The zero-order valence-electron chi connectivity index (χ0n) is 12.4. The lowest BCUT2D eigenvalue weighted by Crippen LogP contribution is -2.51. The first-order valence-electron chi connectivity index (χ1n) is 7.15. The van der Waals surface area contributed by atoms with Crippen LogP contribution in [0.2, 0.25) is 10.0 Å². The van der Waals surface area contributed by atoms with Crippen LogP contribution in [-0.2, 0) is 4.79 Å². The predicted molar refractivity (Wildman–Crippen MR) is 92.2 cm³/mol. The van der Waals surface area contributed by atoms with Crippen molar-refractivity contribution in [1.29, 1.82) is 0 Å². The highest BCUT2D eigenvalue weighted by molar-refractivity contribution is 6.35. The minimum Gasteiger partial charge on any atom is -0.479 e. The van der Waals surface area contributed by atoms with Crippen molar-refractivity contribution in [3.05, 3.63) is 28.2 Å². The molecule has 1 fully saturated rings. The Labute approximate surface area is 147 Å². The van der Waals surface area contributed by atoms with Crippen LogP contribution in [0.25, 0.3) is 0 Å². The third-order valence-corrected chi connectivity index (χ3v) is 4.26. The van der Waals surface area contributed by atoms with Gasteiger partial charge < -0.3 is 15.4 Å². The maximum Gasteiger partial charge on any atom is 0.263 e. The SMILES string of the molecule is CC(Oc1ccc(Cl)cc1Cl)C(=O)N1CCCCC1CN.Cl. The van der Waals surface area contributed by atoms with Crippen molar-refractivity contribution in [2.75, 3.05) is 13.1 Å². The Hall–Kier alpha value is -0.680. The molecule has 124 valence electrons. The van der Waals surface area contributed by atoms with Crippen LogP contribution in [0.15, 0.2) is 18.2 Å². The number of halogens is 3. The number of carbonyl (C=O) groups is 1. The molecule has 0 aliphatic carbocycles. The zero-order valence-corrected chi connectivity index (χ0v) is 14.8. The number of ether oxygens (including phenoxy) is 1. The van der Waals surface area contributed by atoms with E-state index >= 15 is 0 Å². The molecule has 0 spiro atoms. The number of hydrogen-bond donors (Lipinski definition) is 1. The lowest BCUT2D eigenvalue weighted by atomic mass is 10.0. The normalized spacial score (nSPS) is 19.3. The van der Waals surface area contributed by atoms with E-state index in [1.165, 1.54) is 0 Å². The van der Waals surface area contributed by atoms with E-state index in [1.807, 2.05) is 4.90 Å². The number of hydrogen-bond acceptors (Lipinski definition) is 3. The lowest BCUT2D eigenvalue weighted by molar-refractivity contribution is -0.141. The van der Waals surface area contributed by atoms with E-state index < -0.39 is 6.10 Å². The molecule has 22 heavy (non-hydrogen) atoms. The Morgan fingerprint density at radius 1 is 1.45 bits per heavy atom. The van der Waals surface area contributed by atoms with E-state index in [-0.39, 0.29) is 24.4 Å². The number of rotatable bonds is 4. The summed E-state index contributed by atoms with van der Waals surface area (Å²) in [5.74, 6) is 0.416. The van der Waals surface area contributed by atoms with Gasteiger partial charge in [0.2, 0.25) is 0 Å². The van der Waals surface area contributed by atoms with Gasteiger partial charge in [-0.05, 0) is 44.4 Å². The Bertz CT molecular complexity index is 514. The van der Waals surface area contributed by atoms with Crippen LogP contribution in [0.5, 0.6) is 5.75 Å². The molecule has 1 heterocycles. The number of likely N-dealkylation sites (tertiary alicyclic amines) is 1. The fourth-order valence-corrected chi connectivity index (χ4v) is 3.03. The van der Waals surface area contributed by atoms with Crippen LogP contribution < -0.4 is 10.5 Å². The van der Waals surface area contributed by atoms with E-state index in [4.69, 9.17) is 33.7 Å². The Morgan fingerprint density at radius 2 is 2.18 bits per heavy atom. The second-order valence-electron chi connectivity index (χ2n) is 5.25. The first-order valence-corrected chi connectivity index (χ1v) is 7.90. The molecule has 0 aromatic heterocycles. The summed E-state index contributed by atoms with van der Waals surface area (Å²) in [6, 6.07) is 5.06. The van der Waals surface area contributed by atoms with Crippen molar-refractivity contribution >= 4 is 41.5 Å². The number of benzene rings is 1. The summed E-state index contributed by atoms with van der Waals surface area (Å²) in [6.07, 6.45) is 2.48. The van der Waals surface area contributed by atoms with Crippen molar-refractivity contribution in [3.63, 3.8) is 0 Å². The molecule has 1 aromatic rings. The fraction of sp³-hybridized carbons (Fsp3) is 0.533. The van der Waals surface area contributed by atoms with Gasteiger partial charge in [-0.15, -0.1) is 12.4 Å². The highest BCUT2D eigenvalue weighted by Crippen LogP contribution is 2.29. The van der Waals surface area contributed by atoms with E-state index in [0.29, 0.717) is 22.3 Å². The van der Waals surface area contributed by atoms with Crippen molar-refractivity contribution in [2.24, 2.45) is 5.73 Å². The molecule has 2 N–H and O–H groups in total. The third kappa shape index (κ3) is 4.66. The van der Waals surface area contributed by atoms with Gasteiger partial charge in [0.1, 0.15) is 5.75 Å². The summed E-state index contributed by atoms with van der Waals surface area (Å²) in [7, 11) is 0. The average molecular weight is 368 g/mol. The predicted octanol–water partition coefficient (Wildman–Crippen LogP) is 3.52. The highest BCUT2D eigenvalue weighted by atomic mass is 35.5. The molecule has 4 nitrogen and oxygen atoms in total. The molecule has 1 amide bonds.